The van der Waals surface area contributed by atoms with Crippen LogP contribution in [0.2, 0.25) is 0 Å². The Balaban J connectivity index is 1.53. The second kappa shape index (κ2) is 8.83. The number of carbonyl (C=O) groups excluding carboxylic acids is 2. The lowest BCUT2D eigenvalue weighted by Gasteiger charge is -2.12. The summed E-state index contributed by atoms with van der Waals surface area (Å²) in [4.78, 5) is 27.0. The minimum atomic E-state index is -3.89. The van der Waals surface area contributed by atoms with Crippen LogP contribution in [0.1, 0.15) is 16.7 Å². The van der Waals surface area contributed by atoms with E-state index in [4.69, 9.17) is 0 Å². The third-order valence-corrected chi connectivity index (χ3v) is 8.30. The largest absolute Gasteiger partial charge is 0.293 e. The molecule has 2 amide bonds. The molecule has 3 aromatic carbocycles. The first-order chi connectivity index (χ1) is 16.7. The van der Waals surface area contributed by atoms with E-state index >= 15 is 0 Å². The number of amides is 2. The first kappa shape index (κ1) is 23.1. The van der Waals surface area contributed by atoms with Crippen molar-refractivity contribution >= 4 is 49.9 Å². The van der Waals surface area contributed by atoms with Gasteiger partial charge in [-0.25, -0.2) is 16.8 Å². The third kappa shape index (κ3) is 4.28. The molecular weight excluding hydrogens is 487 g/mol. The van der Waals surface area contributed by atoms with E-state index in [1.54, 1.807) is 54.6 Å². The summed E-state index contributed by atoms with van der Waals surface area (Å²) in [5.74, 6) is -0.887. The van der Waals surface area contributed by atoms with Gasteiger partial charge >= 0.3 is 0 Å². The number of benzene rings is 3. The average Bonchev–Trinajstić information content (AvgIpc) is 3.34. The van der Waals surface area contributed by atoms with Gasteiger partial charge in [-0.3, -0.25) is 14.5 Å². The second-order valence-electron chi connectivity index (χ2n) is 8.11. The minimum absolute atomic E-state index is 0.0197. The van der Waals surface area contributed by atoms with E-state index in [9.17, 15) is 22.4 Å². The molecule has 0 saturated carbocycles. The summed E-state index contributed by atoms with van der Waals surface area (Å²) in [5.41, 5.74) is 2.53. The number of rotatable bonds is 5. The molecule has 2 heterocycles. The Hall–Kier alpha value is -3.69. The molecule has 5 rings (SSSR count). The topological polar surface area (TPSA) is 76.5 Å². The van der Waals surface area contributed by atoms with Crippen molar-refractivity contribution in [1.82, 2.24) is 8.87 Å². The molecule has 1 aromatic heterocycles. The van der Waals surface area contributed by atoms with Crippen molar-refractivity contribution in [2.45, 2.75) is 18.4 Å². The number of aromatic nitrogens is 1. The Morgan fingerprint density at radius 1 is 0.943 bits per heavy atom. The molecule has 1 saturated heterocycles. The quantitative estimate of drug-likeness (QED) is 0.331. The Morgan fingerprint density at radius 3 is 2.34 bits per heavy atom. The van der Waals surface area contributed by atoms with Gasteiger partial charge in [0.1, 0.15) is 5.82 Å². The Bertz CT molecular complexity index is 1610. The maximum absolute atomic E-state index is 13.4. The number of aryl methyl sites for hydroxylation is 1. The SMILES string of the molecule is Cc1ccc(S(=O)(=O)n2cc(/C=C3\SC(=O)N(Cc4ccc(F)cc4)C3=O)c3ccccc32)cc1. The van der Waals surface area contributed by atoms with Crippen LogP contribution < -0.4 is 0 Å². The summed E-state index contributed by atoms with van der Waals surface area (Å²) in [5, 5.41) is 0.190. The fourth-order valence-electron chi connectivity index (χ4n) is 3.86. The van der Waals surface area contributed by atoms with Crippen molar-refractivity contribution < 1.29 is 22.4 Å². The van der Waals surface area contributed by atoms with E-state index in [0.717, 1.165) is 22.2 Å². The van der Waals surface area contributed by atoms with Crippen molar-refractivity contribution in [2.24, 2.45) is 0 Å². The molecule has 0 spiro atoms. The van der Waals surface area contributed by atoms with Gasteiger partial charge in [-0.05, 0) is 60.7 Å². The van der Waals surface area contributed by atoms with E-state index in [1.165, 1.54) is 34.4 Å². The fourth-order valence-corrected chi connectivity index (χ4v) is 6.07. The van der Waals surface area contributed by atoms with Crippen LogP contribution in [0.5, 0.6) is 0 Å². The number of nitrogens with zero attached hydrogens (tertiary/aromatic N) is 2. The van der Waals surface area contributed by atoms with Crippen LogP contribution in [-0.2, 0) is 21.4 Å². The highest BCUT2D eigenvalue weighted by molar-refractivity contribution is 8.18. The van der Waals surface area contributed by atoms with Gasteiger partial charge in [0, 0.05) is 17.1 Å². The Labute approximate surface area is 205 Å². The van der Waals surface area contributed by atoms with Crippen LogP contribution in [0.15, 0.2) is 88.8 Å². The lowest BCUT2D eigenvalue weighted by molar-refractivity contribution is -0.123. The monoisotopic (exact) mass is 506 g/mol. The Kier molecular flexibility index (Phi) is 5.82. The number of imide groups is 1. The Morgan fingerprint density at radius 2 is 1.63 bits per heavy atom. The molecule has 0 atom stereocenters. The zero-order valence-corrected chi connectivity index (χ0v) is 20.1. The van der Waals surface area contributed by atoms with E-state index in [2.05, 4.69) is 0 Å². The third-order valence-electron chi connectivity index (χ3n) is 5.70. The molecule has 0 unspecified atom stereocenters. The molecule has 9 heteroatoms. The van der Waals surface area contributed by atoms with Crippen LogP contribution in [0.4, 0.5) is 9.18 Å². The van der Waals surface area contributed by atoms with Crippen molar-refractivity contribution in [1.29, 1.82) is 0 Å². The summed E-state index contributed by atoms with van der Waals surface area (Å²) in [7, 11) is -3.89. The summed E-state index contributed by atoms with van der Waals surface area (Å²) in [6.45, 7) is 1.90. The maximum atomic E-state index is 13.4. The van der Waals surface area contributed by atoms with Crippen LogP contribution >= 0.6 is 11.8 Å². The van der Waals surface area contributed by atoms with Crippen LogP contribution in [0.3, 0.4) is 0 Å². The summed E-state index contributed by atoms with van der Waals surface area (Å²) in [6.07, 6.45) is 3.01. The smallest absolute Gasteiger partial charge is 0.268 e. The van der Waals surface area contributed by atoms with Gasteiger partial charge in [0.05, 0.1) is 21.9 Å². The molecule has 1 aliphatic rings. The summed E-state index contributed by atoms with van der Waals surface area (Å²) >= 11 is 0.788. The van der Waals surface area contributed by atoms with Crippen molar-refractivity contribution in [3.63, 3.8) is 0 Å². The van der Waals surface area contributed by atoms with Gasteiger partial charge in [-0.2, -0.15) is 0 Å². The molecule has 1 fully saturated rings. The zero-order chi connectivity index (χ0) is 24.7. The first-order valence-electron chi connectivity index (χ1n) is 10.7. The van der Waals surface area contributed by atoms with Gasteiger partial charge in [0.2, 0.25) is 0 Å². The number of halogens is 1. The highest BCUT2D eigenvalue weighted by Crippen LogP contribution is 2.35. The molecule has 0 bridgehead atoms. The van der Waals surface area contributed by atoms with Crippen molar-refractivity contribution in [3.8, 4) is 0 Å². The molecule has 0 aliphatic carbocycles. The number of hydrogen-bond donors (Lipinski definition) is 0. The van der Waals surface area contributed by atoms with Gasteiger partial charge in [-0.1, -0.05) is 48.0 Å². The van der Waals surface area contributed by atoms with Crippen molar-refractivity contribution in [3.05, 3.63) is 106 Å². The van der Waals surface area contributed by atoms with Crippen LogP contribution in [-0.4, -0.2) is 28.4 Å². The number of para-hydroxylation sites is 1. The molecular formula is C26H19FN2O4S2. The van der Waals surface area contributed by atoms with Crippen molar-refractivity contribution in [2.75, 3.05) is 0 Å². The number of hydrogen-bond acceptors (Lipinski definition) is 5. The number of thioether (sulfide) groups is 1. The molecule has 176 valence electrons. The fraction of sp³-hybridized carbons (Fsp3) is 0.0769. The predicted molar refractivity (Wildman–Crippen MR) is 134 cm³/mol. The molecule has 1 aliphatic heterocycles. The van der Waals surface area contributed by atoms with E-state index in [1.807, 2.05) is 6.92 Å². The van der Waals surface area contributed by atoms with Gasteiger partial charge in [-0.15, -0.1) is 0 Å². The molecule has 0 N–H and O–H groups in total. The molecule has 4 aromatic rings. The van der Waals surface area contributed by atoms with E-state index in [0.29, 0.717) is 22.0 Å². The molecule has 35 heavy (non-hydrogen) atoms. The van der Waals surface area contributed by atoms with Gasteiger partial charge in [0.15, 0.2) is 0 Å². The van der Waals surface area contributed by atoms with E-state index < -0.39 is 27.0 Å². The number of carbonyl (C=O) groups is 2. The molecule has 0 radical (unpaired) electrons. The first-order valence-corrected chi connectivity index (χ1v) is 12.9. The standard InChI is InChI=1S/C26H19FN2O4S2/c1-17-6-12-21(13-7-17)35(32,33)29-16-19(22-4-2-3-5-23(22)29)14-24-25(30)28(26(31)34-24)15-18-8-10-20(27)11-9-18/h2-14,16H,15H2,1H3/b24-14-. The van der Waals surface area contributed by atoms with Gasteiger partial charge in [0.25, 0.3) is 21.2 Å². The summed E-state index contributed by atoms with van der Waals surface area (Å²) < 4.78 is 41.2. The zero-order valence-electron chi connectivity index (χ0n) is 18.5. The van der Waals surface area contributed by atoms with Crippen LogP contribution in [0, 0.1) is 12.7 Å². The lowest BCUT2D eigenvalue weighted by atomic mass is 10.1. The average molecular weight is 507 g/mol. The van der Waals surface area contributed by atoms with Gasteiger partial charge < -0.3 is 0 Å². The van der Waals surface area contributed by atoms with Crippen LogP contribution in [0.25, 0.3) is 17.0 Å². The second-order valence-corrected chi connectivity index (χ2v) is 10.9. The minimum Gasteiger partial charge on any atom is -0.268 e. The lowest BCUT2D eigenvalue weighted by Crippen LogP contribution is -2.27. The molecule has 6 nitrogen and oxygen atoms in total. The maximum Gasteiger partial charge on any atom is 0.293 e. The predicted octanol–water partition coefficient (Wildman–Crippen LogP) is 5.56. The van der Waals surface area contributed by atoms with E-state index in [-0.39, 0.29) is 16.3 Å². The highest BCUT2D eigenvalue weighted by atomic mass is 32.2. The highest BCUT2D eigenvalue weighted by Gasteiger charge is 2.35. The number of fused-ring (bicyclic) bond motifs is 1. The summed E-state index contributed by atoms with van der Waals surface area (Å²) in [6, 6.07) is 19.1. The normalized spacial score (nSPS) is 15.5.